The van der Waals surface area contributed by atoms with Crippen LogP contribution in [0.15, 0.2) is 42.5 Å². The van der Waals surface area contributed by atoms with Gasteiger partial charge in [0.1, 0.15) is 11.4 Å². The van der Waals surface area contributed by atoms with Crippen LogP contribution in [0, 0.1) is 24.1 Å². The lowest BCUT2D eigenvalue weighted by Crippen LogP contribution is -2.24. The molecule has 2 rings (SSSR count). The van der Waals surface area contributed by atoms with Crippen LogP contribution in [0.2, 0.25) is 0 Å². The molecule has 2 aromatic carbocycles. The van der Waals surface area contributed by atoms with Gasteiger partial charge in [-0.2, -0.15) is 5.26 Å². The molecule has 0 spiro atoms. The van der Waals surface area contributed by atoms with Crippen LogP contribution >= 0.6 is 0 Å². The highest BCUT2D eigenvalue weighted by Gasteiger charge is 2.27. The summed E-state index contributed by atoms with van der Waals surface area (Å²) in [5.74, 6) is -0.380. The van der Waals surface area contributed by atoms with Gasteiger partial charge in [-0.05, 0) is 54.8 Å². The Morgan fingerprint density at radius 1 is 1.16 bits per heavy atom. The van der Waals surface area contributed by atoms with Crippen LogP contribution in [0.3, 0.4) is 0 Å². The number of hydrogen-bond acceptors (Lipinski definition) is 2. The zero-order valence-corrected chi connectivity index (χ0v) is 10.8. The lowest BCUT2D eigenvalue weighted by Gasteiger charge is -2.26. The summed E-state index contributed by atoms with van der Waals surface area (Å²) in [7, 11) is 0. The Kier molecular flexibility index (Phi) is 3.37. The quantitative estimate of drug-likeness (QED) is 0.895. The minimum absolute atomic E-state index is 0.380. The van der Waals surface area contributed by atoms with Gasteiger partial charge in [0.05, 0.1) is 11.6 Å². The van der Waals surface area contributed by atoms with Crippen LogP contribution in [0.25, 0.3) is 0 Å². The van der Waals surface area contributed by atoms with Crippen molar-refractivity contribution >= 4 is 0 Å². The molecule has 0 bridgehead atoms. The van der Waals surface area contributed by atoms with E-state index in [1.165, 1.54) is 12.1 Å². The van der Waals surface area contributed by atoms with Crippen LogP contribution in [0.1, 0.15) is 29.2 Å². The highest BCUT2D eigenvalue weighted by Crippen LogP contribution is 2.31. The smallest absolute Gasteiger partial charge is 0.123 e. The second kappa shape index (κ2) is 4.83. The standard InChI is InChI=1S/C16H14FNO/c1-11-3-8-14(17)9-15(11)16(2,19)13-6-4-12(10-18)5-7-13/h3-9,19H,1-2H3. The van der Waals surface area contributed by atoms with Gasteiger partial charge < -0.3 is 5.11 Å². The molecule has 0 aliphatic carbocycles. The summed E-state index contributed by atoms with van der Waals surface area (Å²) < 4.78 is 13.4. The molecule has 3 heteroatoms. The second-order valence-corrected chi connectivity index (χ2v) is 4.72. The topological polar surface area (TPSA) is 44.0 Å². The number of rotatable bonds is 2. The van der Waals surface area contributed by atoms with Gasteiger partial charge in [0.25, 0.3) is 0 Å². The predicted octanol–water partition coefficient (Wildman–Crippen LogP) is 3.26. The summed E-state index contributed by atoms with van der Waals surface area (Å²) >= 11 is 0. The maximum atomic E-state index is 13.4. The fourth-order valence-corrected chi connectivity index (χ4v) is 2.14. The molecule has 1 unspecified atom stereocenters. The minimum Gasteiger partial charge on any atom is -0.381 e. The van der Waals surface area contributed by atoms with Crippen LogP contribution < -0.4 is 0 Å². The number of aryl methyl sites for hydroxylation is 1. The van der Waals surface area contributed by atoms with E-state index in [4.69, 9.17) is 5.26 Å². The van der Waals surface area contributed by atoms with Crippen LogP contribution in [-0.2, 0) is 5.60 Å². The van der Waals surface area contributed by atoms with Crippen molar-refractivity contribution in [2.24, 2.45) is 0 Å². The molecule has 1 N–H and O–H groups in total. The summed E-state index contributed by atoms with van der Waals surface area (Å²) in [6.07, 6.45) is 0. The van der Waals surface area contributed by atoms with E-state index in [2.05, 4.69) is 0 Å². The van der Waals surface area contributed by atoms with Crippen LogP contribution in [-0.4, -0.2) is 5.11 Å². The van der Waals surface area contributed by atoms with Crippen LogP contribution in [0.5, 0.6) is 0 Å². The van der Waals surface area contributed by atoms with Crippen molar-refractivity contribution in [3.05, 3.63) is 70.5 Å². The number of nitriles is 1. The van der Waals surface area contributed by atoms with E-state index in [1.54, 1.807) is 37.3 Å². The second-order valence-electron chi connectivity index (χ2n) is 4.72. The minimum atomic E-state index is -1.29. The van der Waals surface area contributed by atoms with Gasteiger partial charge in [0, 0.05) is 0 Å². The monoisotopic (exact) mass is 255 g/mol. The fourth-order valence-electron chi connectivity index (χ4n) is 2.14. The van der Waals surface area contributed by atoms with Gasteiger partial charge in [-0.1, -0.05) is 18.2 Å². The third-order valence-corrected chi connectivity index (χ3v) is 3.30. The normalized spacial score (nSPS) is 13.6. The molecule has 0 amide bonds. The molecule has 96 valence electrons. The van der Waals surface area contributed by atoms with E-state index in [1.807, 2.05) is 13.0 Å². The first kappa shape index (κ1) is 13.3. The third kappa shape index (κ3) is 2.49. The van der Waals surface area contributed by atoms with Gasteiger partial charge in [0.15, 0.2) is 0 Å². The number of halogens is 1. The summed E-state index contributed by atoms with van der Waals surface area (Å²) in [6.45, 7) is 3.45. The largest absolute Gasteiger partial charge is 0.381 e. The predicted molar refractivity (Wildman–Crippen MR) is 71.0 cm³/mol. The first-order valence-electron chi connectivity index (χ1n) is 5.95. The number of benzene rings is 2. The molecule has 0 radical (unpaired) electrons. The van der Waals surface area contributed by atoms with Crippen molar-refractivity contribution in [2.75, 3.05) is 0 Å². The van der Waals surface area contributed by atoms with E-state index in [9.17, 15) is 9.50 Å². The molecule has 0 saturated carbocycles. The SMILES string of the molecule is Cc1ccc(F)cc1C(C)(O)c1ccc(C#N)cc1. The maximum absolute atomic E-state index is 13.4. The van der Waals surface area contributed by atoms with Crippen molar-refractivity contribution in [3.8, 4) is 6.07 Å². The van der Waals surface area contributed by atoms with E-state index >= 15 is 0 Å². The van der Waals surface area contributed by atoms with Crippen molar-refractivity contribution < 1.29 is 9.50 Å². The van der Waals surface area contributed by atoms with Gasteiger partial charge in [-0.25, -0.2) is 4.39 Å². The van der Waals surface area contributed by atoms with Crippen molar-refractivity contribution in [2.45, 2.75) is 19.4 Å². The summed E-state index contributed by atoms with van der Waals surface area (Å²) in [4.78, 5) is 0. The lowest BCUT2D eigenvalue weighted by molar-refractivity contribution is 0.101. The molecule has 0 fully saturated rings. The van der Waals surface area contributed by atoms with Gasteiger partial charge in [0.2, 0.25) is 0 Å². The number of hydrogen-bond donors (Lipinski definition) is 1. The van der Waals surface area contributed by atoms with Crippen LogP contribution in [0.4, 0.5) is 4.39 Å². The molecular formula is C16H14FNO. The molecule has 0 aromatic heterocycles. The van der Waals surface area contributed by atoms with Crippen molar-refractivity contribution in [3.63, 3.8) is 0 Å². The van der Waals surface area contributed by atoms with Gasteiger partial charge >= 0.3 is 0 Å². The molecule has 0 saturated heterocycles. The lowest BCUT2D eigenvalue weighted by atomic mass is 9.85. The van der Waals surface area contributed by atoms with E-state index < -0.39 is 5.60 Å². The molecule has 2 nitrogen and oxygen atoms in total. The summed E-state index contributed by atoms with van der Waals surface area (Å²) in [5, 5.41) is 19.4. The molecule has 0 aliphatic heterocycles. The number of nitrogens with zero attached hydrogens (tertiary/aromatic N) is 1. The zero-order chi connectivity index (χ0) is 14.0. The van der Waals surface area contributed by atoms with Gasteiger partial charge in [-0.3, -0.25) is 0 Å². The zero-order valence-electron chi connectivity index (χ0n) is 10.8. The molecular weight excluding hydrogens is 241 g/mol. The Morgan fingerprint density at radius 3 is 2.37 bits per heavy atom. The average molecular weight is 255 g/mol. The first-order chi connectivity index (χ1) is 8.95. The Labute approximate surface area is 111 Å². The van der Waals surface area contributed by atoms with Crippen molar-refractivity contribution in [1.29, 1.82) is 5.26 Å². The Bertz CT molecular complexity index is 639. The molecule has 1 atom stereocenters. The molecule has 2 aromatic rings. The maximum Gasteiger partial charge on any atom is 0.123 e. The molecule has 0 aliphatic rings. The number of aliphatic hydroxyl groups is 1. The Hall–Kier alpha value is -2.18. The Morgan fingerprint density at radius 2 is 1.79 bits per heavy atom. The molecule has 19 heavy (non-hydrogen) atoms. The van der Waals surface area contributed by atoms with E-state index in [0.717, 1.165) is 5.56 Å². The van der Waals surface area contributed by atoms with Gasteiger partial charge in [-0.15, -0.1) is 0 Å². The summed E-state index contributed by atoms with van der Waals surface area (Å²) in [5.41, 5.74) is 1.20. The Balaban J connectivity index is 2.51. The third-order valence-electron chi connectivity index (χ3n) is 3.30. The highest BCUT2D eigenvalue weighted by atomic mass is 19.1. The fraction of sp³-hybridized carbons (Fsp3) is 0.188. The first-order valence-corrected chi connectivity index (χ1v) is 5.95. The molecule has 0 heterocycles. The summed E-state index contributed by atoms with van der Waals surface area (Å²) in [6, 6.07) is 13.0. The highest BCUT2D eigenvalue weighted by molar-refractivity contribution is 5.42. The average Bonchev–Trinajstić information content (AvgIpc) is 2.41. The van der Waals surface area contributed by atoms with E-state index in [0.29, 0.717) is 16.7 Å². The van der Waals surface area contributed by atoms with Crippen molar-refractivity contribution in [1.82, 2.24) is 0 Å². The van der Waals surface area contributed by atoms with E-state index in [-0.39, 0.29) is 5.82 Å².